The van der Waals surface area contributed by atoms with Crippen LogP contribution in [0.25, 0.3) is 117 Å². The van der Waals surface area contributed by atoms with Crippen molar-refractivity contribution < 1.29 is 8.83 Å². The van der Waals surface area contributed by atoms with Crippen LogP contribution in [0.15, 0.2) is 191 Å². The number of fused-ring (bicyclic) bond motifs is 10. The molecule has 8 aromatic carbocycles. The zero-order chi connectivity index (χ0) is 37.5. The van der Waals surface area contributed by atoms with Gasteiger partial charge in [0.1, 0.15) is 22.3 Å². The zero-order valence-electron chi connectivity index (χ0n) is 30.4. The summed E-state index contributed by atoms with van der Waals surface area (Å²) in [6.07, 6.45) is 0. The summed E-state index contributed by atoms with van der Waals surface area (Å²) in [5.41, 5.74) is 11.5. The van der Waals surface area contributed by atoms with Crippen LogP contribution in [-0.4, -0.2) is 19.5 Å². The van der Waals surface area contributed by atoms with Crippen molar-refractivity contribution in [2.75, 3.05) is 0 Å². The Morgan fingerprint density at radius 2 is 0.930 bits per heavy atom. The number of hydrogen-bond donors (Lipinski definition) is 0. The predicted molar refractivity (Wildman–Crippen MR) is 230 cm³/mol. The van der Waals surface area contributed by atoms with Crippen molar-refractivity contribution in [1.82, 2.24) is 19.5 Å². The van der Waals surface area contributed by atoms with Gasteiger partial charge in [-0.15, -0.1) is 0 Å². The third-order valence-electron chi connectivity index (χ3n) is 11.1. The van der Waals surface area contributed by atoms with Crippen molar-refractivity contribution in [2.24, 2.45) is 0 Å². The highest BCUT2D eigenvalue weighted by molar-refractivity contribution is 6.24. The summed E-state index contributed by atoms with van der Waals surface area (Å²) in [5, 5.41) is 6.39. The minimum absolute atomic E-state index is 0.568. The molecule has 0 fully saturated rings. The fraction of sp³-hybridized carbons (Fsp3) is 0. The molecule has 6 heteroatoms. The van der Waals surface area contributed by atoms with E-state index in [0.29, 0.717) is 17.5 Å². The maximum Gasteiger partial charge on any atom is 0.164 e. The van der Waals surface area contributed by atoms with Crippen LogP contribution in [0.2, 0.25) is 0 Å². The van der Waals surface area contributed by atoms with E-state index in [4.69, 9.17) is 23.8 Å². The molecule has 0 radical (unpaired) electrons. The molecule has 12 rings (SSSR count). The quantitative estimate of drug-likeness (QED) is 0.176. The molecule has 0 aliphatic rings. The van der Waals surface area contributed by atoms with E-state index in [1.165, 1.54) is 10.8 Å². The van der Waals surface area contributed by atoms with E-state index in [1.807, 2.05) is 48.5 Å². The molecular formula is C51H30N4O2. The van der Waals surface area contributed by atoms with E-state index >= 15 is 0 Å². The Balaban J connectivity index is 1.11. The number of aromatic nitrogens is 4. The summed E-state index contributed by atoms with van der Waals surface area (Å²) in [6, 6.07) is 62.6. The minimum Gasteiger partial charge on any atom is -0.456 e. The number of para-hydroxylation sites is 3. The summed E-state index contributed by atoms with van der Waals surface area (Å²) in [6.45, 7) is 0. The van der Waals surface area contributed by atoms with Crippen LogP contribution in [0.3, 0.4) is 0 Å². The highest BCUT2D eigenvalue weighted by Crippen LogP contribution is 2.42. The molecule has 0 aliphatic heterocycles. The Hall–Kier alpha value is -7.83. The second kappa shape index (κ2) is 12.3. The maximum absolute atomic E-state index is 6.58. The molecule has 0 saturated heterocycles. The van der Waals surface area contributed by atoms with Crippen molar-refractivity contribution in [3.63, 3.8) is 0 Å². The van der Waals surface area contributed by atoms with Gasteiger partial charge in [-0.1, -0.05) is 121 Å². The molecule has 0 aliphatic carbocycles. The SMILES string of the molecule is c1ccc(-c2ccc(-c3nc(-c4ccc5oc6ccc7c8ccccc8n(-c8ccccc8)c7c6c5c4)nc(-c4cccc5oc6ccccc6c45)n3)cc2)cc1. The standard InChI is InChI=1S/C51H30N4O2/c1-3-12-31(13-4-1)32-22-24-33(25-23-32)49-52-50(54-51(53-49)39-18-11-21-44-46(39)38-17-8-10-20-42(38)56-44)34-26-28-43-40(30-34)47-45(57-43)29-27-37-36-16-7-9-19-41(36)55(48(37)47)35-14-5-2-6-15-35/h1-30H. The Labute approximate surface area is 325 Å². The molecule has 4 aromatic heterocycles. The summed E-state index contributed by atoms with van der Waals surface area (Å²) in [5.74, 6) is 1.73. The molecule has 0 bridgehead atoms. The van der Waals surface area contributed by atoms with Gasteiger partial charge in [0.15, 0.2) is 17.5 Å². The number of furan rings is 2. The van der Waals surface area contributed by atoms with Crippen LogP contribution in [0.5, 0.6) is 0 Å². The lowest BCUT2D eigenvalue weighted by atomic mass is 10.0. The van der Waals surface area contributed by atoms with Crippen LogP contribution < -0.4 is 0 Å². The van der Waals surface area contributed by atoms with Gasteiger partial charge < -0.3 is 13.4 Å². The van der Waals surface area contributed by atoms with E-state index in [9.17, 15) is 0 Å². The first kappa shape index (κ1) is 31.5. The maximum atomic E-state index is 6.58. The van der Waals surface area contributed by atoms with Crippen LogP contribution >= 0.6 is 0 Å². The van der Waals surface area contributed by atoms with Gasteiger partial charge in [0.05, 0.1) is 16.4 Å². The second-order valence-corrected chi connectivity index (χ2v) is 14.4. The molecule has 266 valence electrons. The monoisotopic (exact) mass is 730 g/mol. The fourth-order valence-electron chi connectivity index (χ4n) is 8.46. The molecule has 0 spiro atoms. The number of rotatable bonds is 5. The zero-order valence-corrected chi connectivity index (χ0v) is 30.4. The number of hydrogen-bond acceptors (Lipinski definition) is 5. The fourth-order valence-corrected chi connectivity index (χ4v) is 8.46. The molecule has 12 aromatic rings. The third-order valence-corrected chi connectivity index (χ3v) is 11.1. The van der Waals surface area contributed by atoms with Gasteiger partial charge in [0, 0.05) is 49.3 Å². The largest absolute Gasteiger partial charge is 0.456 e. The molecule has 0 saturated carbocycles. The highest BCUT2D eigenvalue weighted by Gasteiger charge is 2.21. The van der Waals surface area contributed by atoms with E-state index in [2.05, 4.69) is 138 Å². The molecule has 0 unspecified atom stereocenters. The predicted octanol–water partition coefficient (Wildman–Crippen LogP) is 13.4. The van der Waals surface area contributed by atoms with Gasteiger partial charge in [-0.2, -0.15) is 0 Å². The van der Waals surface area contributed by atoms with Crippen LogP contribution in [0, 0.1) is 0 Å². The molecule has 4 heterocycles. The van der Waals surface area contributed by atoms with Gasteiger partial charge >= 0.3 is 0 Å². The highest BCUT2D eigenvalue weighted by atomic mass is 16.3. The Bertz CT molecular complexity index is 3510. The molecule has 0 N–H and O–H groups in total. The van der Waals surface area contributed by atoms with Crippen molar-refractivity contribution in [2.45, 2.75) is 0 Å². The Kier molecular flexibility index (Phi) is 6.83. The first-order chi connectivity index (χ1) is 28.2. The van der Waals surface area contributed by atoms with Gasteiger partial charge in [0.25, 0.3) is 0 Å². The van der Waals surface area contributed by atoms with Crippen molar-refractivity contribution in [1.29, 1.82) is 0 Å². The minimum atomic E-state index is 0.568. The lowest BCUT2D eigenvalue weighted by Crippen LogP contribution is -2.00. The van der Waals surface area contributed by atoms with Gasteiger partial charge in [-0.05, 0) is 71.8 Å². The number of nitrogens with zero attached hydrogens (tertiary/aromatic N) is 4. The van der Waals surface area contributed by atoms with Crippen LogP contribution in [-0.2, 0) is 0 Å². The molecule has 0 atom stereocenters. The lowest BCUT2D eigenvalue weighted by molar-refractivity contribution is 0.668. The second-order valence-electron chi connectivity index (χ2n) is 14.4. The van der Waals surface area contributed by atoms with E-state index in [-0.39, 0.29) is 0 Å². The molecular weight excluding hydrogens is 701 g/mol. The molecule has 57 heavy (non-hydrogen) atoms. The third kappa shape index (κ3) is 4.94. The van der Waals surface area contributed by atoms with E-state index < -0.39 is 0 Å². The van der Waals surface area contributed by atoms with E-state index in [0.717, 1.165) is 88.4 Å². The van der Waals surface area contributed by atoms with Gasteiger partial charge in [0.2, 0.25) is 0 Å². The van der Waals surface area contributed by atoms with Crippen LogP contribution in [0.1, 0.15) is 0 Å². The van der Waals surface area contributed by atoms with E-state index in [1.54, 1.807) is 0 Å². The topological polar surface area (TPSA) is 69.9 Å². The smallest absolute Gasteiger partial charge is 0.164 e. The Morgan fingerprint density at radius 3 is 1.75 bits per heavy atom. The van der Waals surface area contributed by atoms with Gasteiger partial charge in [-0.25, -0.2) is 15.0 Å². The average Bonchev–Trinajstić information content (AvgIpc) is 3.96. The van der Waals surface area contributed by atoms with Crippen molar-refractivity contribution in [3.05, 3.63) is 182 Å². The lowest BCUT2D eigenvalue weighted by Gasteiger charge is -2.10. The average molecular weight is 731 g/mol. The van der Waals surface area contributed by atoms with Crippen LogP contribution in [0.4, 0.5) is 0 Å². The summed E-state index contributed by atoms with van der Waals surface area (Å²) in [7, 11) is 0. The Morgan fingerprint density at radius 1 is 0.351 bits per heavy atom. The summed E-state index contributed by atoms with van der Waals surface area (Å²) < 4.78 is 15.2. The summed E-state index contributed by atoms with van der Waals surface area (Å²) >= 11 is 0. The van der Waals surface area contributed by atoms with Crippen molar-refractivity contribution in [3.8, 4) is 51.0 Å². The normalized spacial score (nSPS) is 11.9. The number of benzene rings is 8. The molecule has 6 nitrogen and oxygen atoms in total. The van der Waals surface area contributed by atoms with Gasteiger partial charge in [-0.3, -0.25) is 0 Å². The first-order valence-electron chi connectivity index (χ1n) is 19.0. The first-order valence-corrected chi connectivity index (χ1v) is 19.0. The summed E-state index contributed by atoms with van der Waals surface area (Å²) in [4.78, 5) is 15.6. The molecule has 0 amide bonds. The van der Waals surface area contributed by atoms with Crippen molar-refractivity contribution >= 4 is 65.7 Å².